The smallest absolute Gasteiger partial charge is 0.416 e. The molecule has 7 heteroatoms. The predicted molar refractivity (Wildman–Crippen MR) is 72.0 cm³/mol. The minimum atomic E-state index is -4.44. The van der Waals surface area contributed by atoms with Gasteiger partial charge in [-0.2, -0.15) is 13.2 Å². The van der Waals surface area contributed by atoms with E-state index >= 15 is 0 Å². The second kappa shape index (κ2) is 5.55. The van der Waals surface area contributed by atoms with Crippen molar-refractivity contribution in [3.05, 3.63) is 29.3 Å². The number of nitrogens with zero attached hydrogens (tertiary/aromatic N) is 1. The third kappa shape index (κ3) is 2.97. The molecule has 0 spiro atoms. The summed E-state index contributed by atoms with van der Waals surface area (Å²) < 4.78 is 43.3. The van der Waals surface area contributed by atoms with Crippen LogP contribution in [0.2, 0.25) is 0 Å². The number of ether oxygens (including phenoxy) is 1. The molecule has 0 fully saturated rings. The van der Waals surface area contributed by atoms with Crippen LogP contribution in [0.1, 0.15) is 37.4 Å². The first-order valence-corrected chi connectivity index (χ1v) is 6.68. The van der Waals surface area contributed by atoms with E-state index in [0.717, 1.165) is 12.1 Å². The second-order valence-electron chi connectivity index (χ2n) is 5.03. The van der Waals surface area contributed by atoms with Crippen molar-refractivity contribution in [2.45, 2.75) is 38.5 Å². The number of anilines is 1. The Kier molecular flexibility index (Phi) is 4.13. The molecule has 1 aliphatic heterocycles. The third-order valence-corrected chi connectivity index (χ3v) is 3.51. The first-order chi connectivity index (χ1) is 9.75. The van der Waals surface area contributed by atoms with Crippen LogP contribution in [-0.4, -0.2) is 18.7 Å². The van der Waals surface area contributed by atoms with Crippen LogP contribution in [-0.2, 0) is 10.9 Å². The molecule has 1 aromatic carbocycles. The lowest BCUT2D eigenvalue weighted by Gasteiger charge is -2.37. The molecule has 0 bridgehead atoms. The van der Waals surface area contributed by atoms with Gasteiger partial charge in [0.15, 0.2) is 0 Å². The molecule has 116 valence electrons. The first kappa shape index (κ1) is 15.6. The van der Waals surface area contributed by atoms with Crippen molar-refractivity contribution in [2.75, 3.05) is 11.5 Å². The maximum Gasteiger partial charge on any atom is 0.416 e. The number of hydrogen-bond acceptors (Lipinski definition) is 3. The number of amides is 1. The Morgan fingerprint density at radius 2 is 2.14 bits per heavy atom. The van der Waals surface area contributed by atoms with Crippen LogP contribution in [0.4, 0.5) is 23.7 Å². The van der Waals surface area contributed by atoms with Gasteiger partial charge in [0.25, 0.3) is 0 Å². The highest BCUT2D eigenvalue weighted by molar-refractivity contribution is 5.90. The fourth-order valence-corrected chi connectivity index (χ4v) is 2.56. The van der Waals surface area contributed by atoms with E-state index in [1.165, 1.54) is 11.0 Å². The Morgan fingerprint density at radius 3 is 2.71 bits per heavy atom. The quantitative estimate of drug-likeness (QED) is 0.864. The van der Waals surface area contributed by atoms with E-state index in [1.54, 1.807) is 13.8 Å². The zero-order chi connectivity index (χ0) is 15.8. The number of fused-ring (bicyclic) bond motifs is 1. The number of halogens is 3. The van der Waals surface area contributed by atoms with Gasteiger partial charge in [0.05, 0.1) is 17.9 Å². The van der Waals surface area contributed by atoms with Crippen molar-refractivity contribution >= 4 is 11.8 Å². The summed E-state index contributed by atoms with van der Waals surface area (Å²) >= 11 is 0. The van der Waals surface area contributed by atoms with Crippen LogP contribution < -0.4 is 10.6 Å². The highest BCUT2D eigenvalue weighted by Gasteiger charge is 2.36. The van der Waals surface area contributed by atoms with Gasteiger partial charge < -0.3 is 10.5 Å². The molecule has 2 N–H and O–H groups in total. The summed E-state index contributed by atoms with van der Waals surface area (Å²) in [4.78, 5) is 13.4. The van der Waals surface area contributed by atoms with Gasteiger partial charge in [0, 0.05) is 12.1 Å². The number of alkyl halides is 3. The molecule has 21 heavy (non-hydrogen) atoms. The average Bonchev–Trinajstić information content (AvgIpc) is 2.37. The van der Waals surface area contributed by atoms with Crippen molar-refractivity contribution in [3.63, 3.8) is 0 Å². The molecule has 4 nitrogen and oxygen atoms in total. The molecule has 0 saturated heterocycles. The van der Waals surface area contributed by atoms with Gasteiger partial charge in [-0.1, -0.05) is 0 Å². The minimum Gasteiger partial charge on any atom is -0.449 e. The van der Waals surface area contributed by atoms with Gasteiger partial charge in [0.1, 0.15) is 0 Å². The summed E-state index contributed by atoms with van der Waals surface area (Å²) in [6.45, 7) is 3.66. The van der Waals surface area contributed by atoms with Crippen molar-refractivity contribution in [3.8, 4) is 0 Å². The van der Waals surface area contributed by atoms with Crippen molar-refractivity contribution < 1.29 is 22.7 Å². The van der Waals surface area contributed by atoms with Crippen molar-refractivity contribution in [1.29, 1.82) is 0 Å². The second-order valence-corrected chi connectivity index (χ2v) is 5.03. The van der Waals surface area contributed by atoms with Crippen molar-refractivity contribution in [1.82, 2.24) is 0 Å². The third-order valence-electron chi connectivity index (χ3n) is 3.51. The topological polar surface area (TPSA) is 55.6 Å². The predicted octanol–water partition coefficient (Wildman–Crippen LogP) is 3.46. The number of carbonyl (C=O) groups excluding carboxylic acids is 1. The van der Waals surface area contributed by atoms with Crippen molar-refractivity contribution in [2.24, 2.45) is 5.73 Å². The Morgan fingerprint density at radius 1 is 1.48 bits per heavy atom. The maximum atomic E-state index is 12.8. The summed E-state index contributed by atoms with van der Waals surface area (Å²) in [7, 11) is 0. The highest BCUT2D eigenvalue weighted by atomic mass is 19.4. The summed E-state index contributed by atoms with van der Waals surface area (Å²) in [5, 5.41) is 0. The van der Waals surface area contributed by atoms with Crippen LogP contribution in [0.15, 0.2) is 18.2 Å². The number of carbonyl (C=O) groups is 1. The molecule has 1 amide bonds. The summed E-state index contributed by atoms with van der Waals surface area (Å²) in [5.74, 6) is 0. The monoisotopic (exact) mass is 302 g/mol. The first-order valence-electron chi connectivity index (χ1n) is 6.68. The van der Waals surface area contributed by atoms with E-state index in [4.69, 9.17) is 10.5 Å². The number of hydrogen-bond donors (Lipinski definition) is 1. The lowest BCUT2D eigenvalue weighted by molar-refractivity contribution is -0.137. The molecule has 2 rings (SSSR count). The van der Waals surface area contributed by atoms with Gasteiger partial charge in [0.2, 0.25) is 0 Å². The van der Waals surface area contributed by atoms with E-state index in [-0.39, 0.29) is 12.6 Å². The average molecular weight is 302 g/mol. The van der Waals surface area contributed by atoms with Gasteiger partial charge in [-0.25, -0.2) is 4.79 Å². The highest BCUT2D eigenvalue weighted by Crippen LogP contribution is 2.40. The van der Waals surface area contributed by atoms with E-state index < -0.39 is 23.9 Å². The van der Waals surface area contributed by atoms with Gasteiger partial charge >= 0.3 is 12.3 Å². The Bertz CT molecular complexity index is 546. The summed E-state index contributed by atoms with van der Waals surface area (Å²) in [6, 6.07) is 2.48. The van der Waals surface area contributed by atoms with E-state index in [0.29, 0.717) is 17.7 Å². The van der Waals surface area contributed by atoms with E-state index in [9.17, 15) is 18.0 Å². The molecule has 0 saturated carbocycles. The van der Waals surface area contributed by atoms with Gasteiger partial charge in [-0.15, -0.1) is 0 Å². The Hall–Kier alpha value is -1.76. The molecule has 0 aliphatic carbocycles. The molecular weight excluding hydrogens is 285 g/mol. The van der Waals surface area contributed by atoms with Crippen LogP contribution >= 0.6 is 0 Å². The SMILES string of the molecule is CCOC(=O)N1c2ccc(C(F)(F)F)cc2[C@@H](N)C[C@H]1C. The summed E-state index contributed by atoms with van der Waals surface area (Å²) in [6.07, 6.45) is -4.63. The normalized spacial score (nSPS) is 21.9. The van der Waals surface area contributed by atoms with E-state index in [1.807, 2.05) is 0 Å². The molecule has 1 aromatic rings. The number of rotatable bonds is 1. The summed E-state index contributed by atoms with van der Waals surface area (Å²) in [5.41, 5.74) is 5.87. The van der Waals surface area contributed by atoms with Crippen LogP contribution in [0.5, 0.6) is 0 Å². The van der Waals surface area contributed by atoms with Crippen LogP contribution in [0.3, 0.4) is 0 Å². The van der Waals surface area contributed by atoms with Gasteiger partial charge in [-0.3, -0.25) is 4.90 Å². The zero-order valence-corrected chi connectivity index (χ0v) is 11.8. The molecule has 1 aliphatic rings. The number of nitrogens with two attached hydrogens (primary N) is 1. The van der Waals surface area contributed by atoms with Gasteiger partial charge in [-0.05, 0) is 44.0 Å². The molecule has 0 aromatic heterocycles. The maximum absolute atomic E-state index is 12.8. The Labute approximate surface area is 120 Å². The Balaban J connectivity index is 2.47. The zero-order valence-electron chi connectivity index (χ0n) is 11.8. The standard InChI is InChI=1S/C14H17F3N2O2/c1-3-21-13(20)19-8(2)6-11(18)10-7-9(14(15,16)17)4-5-12(10)19/h4-5,7-8,11H,3,6,18H2,1-2H3/t8-,11+/m1/s1. The lowest BCUT2D eigenvalue weighted by atomic mass is 9.91. The van der Waals surface area contributed by atoms with Crippen LogP contribution in [0.25, 0.3) is 0 Å². The fourth-order valence-electron chi connectivity index (χ4n) is 2.56. The fraction of sp³-hybridized carbons (Fsp3) is 0.500. The lowest BCUT2D eigenvalue weighted by Crippen LogP contribution is -2.45. The molecular formula is C14H17F3N2O2. The van der Waals surface area contributed by atoms with E-state index in [2.05, 4.69) is 0 Å². The number of benzene rings is 1. The largest absolute Gasteiger partial charge is 0.449 e. The van der Waals surface area contributed by atoms with Crippen LogP contribution in [0, 0.1) is 0 Å². The minimum absolute atomic E-state index is 0.198. The molecule has 2 atom stereocenters. The molecule has 0 unspecified atom stereocenters. The molecule has 1 heterocycles. The molecule has 0 radical (unpaired) electrons.